The Kier molecular flexibility index (Phi) is 3.28. The highest BCUT2D eigenvalue weighted by atomic mass is 79.9. The highest BCUT2D eigenvalue weighted by molar-refractivity contribution is 9.10. The summed E-state index contributed by atoms with van der Waals surface area (Å²) in [5, 5.41) is 0. The van der Waals surface area contributed by atoms with Crippen molar-refractivity contribution in [1.29, 1.82) is 0 Å². The fourth-order valence-electron chi connectivity index (χ4n) is 1.94. The van der Waals surface area contributed by atoms with Gasteiger partial charge in [-0.25, -0.2) is 4.39 Å². The molecule has 1 heterocycles. The van der Waals surface area contributed by atoms with Gasteiger partial charge >= 0.3 is 0 Å². The smallest absolute Gasteiger partial charge is 0.240 e. The monoisotopic (exact) mass is 285 g/mol. The molecule has 1 aromatic carbocycles. The first kappa shape index (κ1) is 11.6. The van der Waals surface area contributed by atoms with Gasteiger partial charge in [-0.15, -0.1) is 0 Å². The fraction of sp³-hybridized carbons (Fsp3) is 0.417. The van der Waals surface area contributed by atoms with E-state index in [0.29, 0.717) is 12.2 Å². The number of piperidine rings is 1. The molecule has 0 spiro atoms. The molecular formula is C12H13BrFNO. The standard InChI is InChI=1S/C12H13BrFNO/c1-8-4-5-9(14)7-11(8)15-6-2-3-10(13)12(15)16/h4-5,7,10H,2-3,6H2,1H3. The maximum atomic E-state index is 13.2. The van der Waals surface area contributed by atoms with E-state index in [2.05, 4.69) is 15.9 Å². The molecule has 1 atom stereocenters. The predicted molar refractivity (Wildman–Crippen MR) is 65.4 cm³/mol. The maximum Gasteiger partial charge on any atom is 0.240 e. The van der Waals surface area contributed by atoms with Crippen LogP contribution in [0.25, 0.3) is 0 Å². The van der Waals surface area contributed by atoms with Gasteiger partial charge in [0, 0.05) is 12.2 Å². The van der Waals surface area contributed by atoms with Gasteiger partial charge in [-0.3, -0.25) is 4.79 Å². The molecule has 0 aromatic heterocycles. The number of alkyl halides is 1. The number of hydrogen-bond donors (Lipinski definition) is 0. The van der Waals surface area contributed by atoms with Crippen LogP contribution in [0.4, 0.5) is 10.1 Å². The summed E-state index contributed by atoms with van der Waals surface area (Å²) >= 11 is 3.35. The SMILES string of the molecule is Cc1ccc(F)cc1N1CCCC(Br)C1=O. The van der Waals surface area contributed by atoms with Crippen LogP contribution < -0.4 is 4.90 Å². The molecule has 1 amide bonds. The molecule has 1 unspecified atom stereocenters. The number of rotatable bonds is 1. The van der Waals surface area contributed by atoms with Gasteiger partial charge in [0.15, 0.2) is 0 Å². The summed E-state index contributed by atoms with van der Waals surface area (Å²) in [4.78, 5) is 13.5. The second-order valence-corrected chi connectivity index (χ2v) is 5.14. The number of aryl methyl sites for hydroxylation is 1. The first-order chi connectivity index (χ1) is 7.59. The maximum absolute atomic E-state index is 13.2. The Balaban J connectivity index is 2.35. The number of halogens is 2. The van der Waals surface area contributed by atoms with E-state index < -0.39 is 0 Å². The van der Waals surface area contributed by atoms with E-state index in [4.69, 9.17) is 0 Å². The van der Waals surface area contributed by atoms with Crippen molar-refractivity contribution >= 4 is 27.5 Å². The average molecular weight is 286 g/mol. The Labute approximate surface area is 103 Å². The van der Waals surface area contributed by atoms with E-state index in [-0.39, 0.29) is 16.6 Å². The Morgan fingerprint density at radius 3 is 3.00 bits per heavy atom. The minimum atomic E-state index is -0.301. The van der Waals surface area contributed by atoms with Crippen molar-refractivity contribution in [2.75, 3.05) is 11.4 Å². The Hall–Kier alpha value is -0.900. The molecule has 1 fully saturated rings. The van der Waals surface area contributed by atoms with Crippen LogP contribution in [0.1, 0.15) is 18.4 Å². The third-order valence-electron chi connectivity index (χ3n) is 2.84. The van der Waals surface area contributed by atoms with Gasteiger partial charge in [-0.05, 0) is 37.5 Å². The Morgan fingerprint density at radius 1 is 1.50 bits per heavy atom. The number of carbonyl (C=O) groups excluding carboxylic acids is 1. The summed E-state index contributed by atoms with van der Waals surface area (Å²) in [6, 6.07) is 4.55. The first-order valence-corrected chi connectivity index (χ1v) is 6.23. The van der Waals surface area contributed by atoms with Crippen LogP contribution in [0, 0.1) is 12.7 Å². The summed E-state index contributed by atoms with van der Waals surface area (Å²) in [5.74, 6) is -0.273. The van der Waals surface area contributed by atoms with Crippen LogP contribution in [-0.2, 0) is 4.79 Å². The lowest BCUT2D eigenvalue weighted by Gasteiger charge is -2.30. The molecule has 0 N–H and O–H groups in total. The van der Waals surface area contributed by atoms with Gasteiger partial charge in [-0.1, -0.05) is 22.0 Å². The van der Waals surface area contributed by atoms with Crippen LogP contribution in [0.3, 0.4) is 0 Å². The zero-order valence-corrected chi connectivity index (χ0v) is 10.6. The molecule has 0 aliphatic carbocycles. The van der Waals surface area contributed by atoms with E-state index in [0.717, 1.165) is 18.4 Å². The average Bonchev–Trinajstić information content (AvgIpc) is 2.26. The third kappa shape index (κ3) is 2.12. The molecule has 1 saturated heterocycles. The zero-order chi connectivity index (χ0) is 11.7. The van der Waals surface area contributed by atoms with Gasteiger partial charge in [0.25, 0.3) is 0 Å². The molecule has 0 saturated carbocycles. The van der Waals surface area contributed by atoms with Crippen molar-refractivity contribution in [2.45, 2.75) is 24.6 Å². The van der Waals surface area contributed by atoms with Gasteiger partial charge in [0.2, 0.25) is 5.91 Å². The highest BCUT2D eigenvalue weighted by Gasteiger charge is 2.28. The van der Waals surface area contributed by atoms with E-state index in [1.807, 2.05) is 6.92 Å². The predicted octanol–water partition coefficient (Wildman–Crippen LogP) is 3.02. The summed E-state index contributed by atoms with van der Waals surface area (Å²) in [6.07, 6.45) is 1.79. The van der Waals surface area contributed by atoms with E-state index >= 15 is 0 Å². The van der Waals surface area contributed by atoms with Gasteiger partial charge in [0.1, 0.15) is 5.82 Å². The second-order valence-electron chi connectivity index (χ2n) is 4.03. The van der Waals surface area contributed by atoms with Gasteiger partial charge < -0.3 is 4.90 Å². The van der Waals surface area contributed by atoms with Crippen molar-refractivity contribution in [3.8, 4) is 0 Å². The molecule has 4 heteroatoms. The normalized spacial score (nSPS) is 21.3. The van der Waals surface area contributed by atoms with Crippen LogP contribution in [-0.4, -0.2) is 17.3 Å². The van der Waals surface area contributed by atoms with Gasteiger partial charge in [-0.2, -0.15) is 0 Å². The number of nitrogens with zero attached hydrogens (tertiary/aromatic N) is 1. The number of anilines is 1. The highest BCUT2D eigenvalue weighted by Crippen LogP contribution is 2.27. The molecular weight excluding hydrogens is 273 g/mol. The molecule has 2 rings (SSSR count). The molecule has 0 bridgehead atoms. The molecule has 1 aliphatic rings. The minimum Gasteiger partial charge on any atom is -0.311 e. The van der Waals surface area contributed by atoms with Crippen molar-refractivity contribution in [3.63, 3.8) is 0 Å². The molecule has 2 nitrogen and oxygen atoms in total. The lowest BCUT2D eigenvalue weighted by molar-refractivity contribution is -0.118. The summed E-state index contributed by atoms with van der Waals surface area (Å²) in [7, 11) is 0. The third-order valence-corrected chi connectivity index (χ3v) is 3.68. The fourth-order valence-corrected chi connectivity index (χ4v) is 2.51. The Morgan fingerprint density at radius 2 is 2.25 bits per heavy atom. The topological polar surface area (TPSA) is 20.3 Å². The van der Waals surface area contributed by atoms with Gasteiger partial charge in [0.05, 0.1) is 4.83 Å². The molecule has 0 radical (unpaired) electrons. The lowest BCUT2D eigenvalue weighted by atomic mass is 10.1. The molecule has 1 aromatic rings. The molecule has 86 valence electrons. The largest absolute Gasteiger partial charge is 0.311 e. The number of benzene rings is 1. The zero-order valence-electron chi connectivity index (χ0n) is 9.04. The van der Waals surface area contributed by atoms with Crippen LogP contribution in [0.2, 0.25) is 0 Å². The van der Waals surface area contributed by atoms with E-state index in [9.17, 15) is 9.18 Å². The van der Waals surface area contributed by atoms with Crippen LogP contribution >= 0.6 is 15.9 Å². The number of hydrogen-bond acceptors (Lipinski definition) is 1. The lowest BCUT2D eigenvalue weighted by Crippen LogP contribution is -2.42. The first-order valence-electron chi connectivity index (χ1n) is 5.31. The van der Waals surface area contributed by atoms with E-state index in [1.165, 1.54) is 12.1 Å². The summed E-state index contributed by atoms with van der Waals surface area (Å²) in [5.41, 5.74) is 1.62. The van der Waals surface area contributed by atoms with Crippen molar-refractivity contribution in [3.05, 3.63) is 29.6 Å². The summed E-state index contributed by atoms with van der Waals surface area (Å²) in [6.45, 7) is 2.56. The van der Waals surface area contributed by atoms with Crippen molar-refractivity contribution in [2.24, 2.45) is 0 Å². The van der Waals surface area contributed by atoms with Crippen LogP contribution in [0.15, 0.2) is 18.2 Å². The van der Waals surface area contributed by atoms with E-state index in [1.54, 1.807) is 11.0 Å². The number of amides is 1. The number of carbonyl (C=O) groups is 1. The molecule has 1 aliphatic heterocycles. The second kappa shape index (κ2) is 4.53. The quantitative estimate of drug-likeness (QED) is 0.727. The summed E-state index contributed by atoms with van der Waals surface area (Å²) < 4.78 is 13.2. The minimum absolute atomic E-state index is 0.0277. The Bertz CT molecular complexity index is 421. The van der Waals surface area contributed by atoms with Crippen LogP contribution in [0.5, 0.6) is 0 Å². The van der Waals surface area contributed by atoms with Crippen molar-refractivity contribution < 1.29 is 9.18 Å². The molecule has 16 heavy (non-hydrogen) atoms. The van der Waals surface area contributed by atoms with Crippen molar-refractivity contribution in [1.82, 2.24) is 0 Å².